The molecule has 1 unspecified atom stereocenters. The molecule has 2 aromatic carbocycles. The van der Waals surface area contributed by atoms with Crippen LogP contribution in [0.4, 0.5) is 4.39 Å². The molecular weight excluding hydrogens is 447 g/mol. The zero-order chi connectivity index (χ0) is 23.7. The van der Waals surface area contributed by atoms with E-state index < -0.39 is 29.3 Å². The third kappa shape index (κ3) is 4.19. The largest absolute Gasteiger partial charge is 0.507 e. The molecule has 1 aliphatic heterocycles. The number of carbonyl (C=O) groups excluding carboxylic acids is 2. The van der Waals surface area contributed by atoms with Crippen LogP contribution in [0, 0.1) is 12.7 Å². The van der Waals surface area contributed by atoms with Gasteiger partial charge in [-0.05, 0) is 53.9 Å². The molecule has 1 N–H and O–H groups in total. The number of hydrogen-bond donors (Lipinski definition) is 1. The lowest BCUT2D eigenvalue weighted by Crippen LogP contribution is -2.29. The number of nitrogens with zero attached hydrogens (tertiary/aromatic N) is 2. The van der Waals surface area contributed by atoms with Gasteiger partial charge in [0, 0.05) is 18.9 Å². The van der Waals surface area contributed by atoms with Crippen LogP contribution in [0.25, 0.3) is 5.76 Å². The van der Waals surface area contributed by atoms with Gasteiger partial charge in [-0.3, -0.25) is 14.6 Å². The number of carbonyl (C=O) groups is 2. The maximum absolute atomic E-state index is 13.4. The maximum Gasteiger partial charge on any atom is 0.295 e. The van der Waals surface area contributed by atoms with Gasteiger partial charge in [0.15, 0.2) is 0 Å². The van der Waals surface area contributed by atoms with Crippen LogP contribution in [0.1, 0.15) is 28.3 Å². The average molecular weight is 467 g/mol. The Labute approximate surface area is 194 Å². The number of aliphatic hydroxyl groups excluding tert-OH is 1. The molecule has 8 heteroatoms. The summed E-state index contributed by atoms with van der Waals surface area (Å²) in [5.41, 5.74) is 2.01. The molecule has 0 radical (unpaired) electrons. The van der Waals surface area contributed by atoms with Gasteiger partial charge in [-0.1, -0.05) is 29.8 Å². The number of ketones is 1. The van der Waals surface area contributed by atoms with Crippen LogP contribution in [0.3, 0.4) is 0 Å². The first-order valence-corrected chi connectivity index (χ1v) is 10.5. The summed E-state index contributed by atoms with van der Waals surface area (Å²) in [5, 5.41) is 11.6. The Bertz CT molecular complexity index is 1260. The number of Topliss-reactive ketones (excluding diaryl/α,β-unsaturated/α-hetero) is 1. The van der Waals surface area contributed by atoms with Gasteiger partial charge in [0.25, 0.3) is 11.7 Å². The van der Waals surface area contributed by atoms with Crippen molar-refractivity contribution in [1.29, 1.82) is 0 Å². The molecule has 4 rings (SSSR count). The number of likely N-dealkylation sites (tertiary alicyclic amines) is 1. The monoisotopic (exact) mass is 466 g/mol. The van der Waals surface area contributed by atoms with Crippen LogP contribution >= 0.6 is 11.6 Å². The average Bonchev–Trinajstić information content (AvgIpc) is 3.05. The zero-order valence-corrected chi connectivity index (χ0v) is 18.6. The summed E-state index contributed by atoms with van der Waals surface area (Å²) in [4.78, 5) is 31.7. The molecule has 0 spiro atoms. The summed E-state index contributed by atoms with van der Waals surface area (Å²) in [5.74, 6) is -2.25. The first kappa shape index (κ1) is 22.5. The highest BCUT2D eigenvalue weighted by atomic mass is 35.5. The summed E-state index contributed by atoms with van der Waals surface area (Å²) in [6, 6.07) is 11.4. The number of methoxy groups -OCH3 is 1. The van der Waals surface area contributed by atoms with E-state index in [2.05, 4.69) is 4.98 Å². The molecule has 33 heavy (non-hydrogen) atoms. The number of pyridine rings is 1. The Balaban J connectivity index is 1.90. The molecule has 1 atom stereocenters. The van der Waals surface area contributed by atoms with E-state index >= 15 is 0 Å². The van der Waals surface area contributed by atoms with Gasteiger partial charge >= 0.3 is 0 Å². The number of ether oxygens (including phenoxy) is 1. The van der Waals surface area contributed by atoms with Crippen LogP contribution in [0.15, 0.2) is 66.5 Å². The zero-order valence-electron chi connectivity index (χ0n) is 17.9. The molecule has 0 bridgehead atoms. The third-order valence-corrected chi connectivity index (χ3v) is 5.73. The lowest BCUT2D eigenvalue weighted by Gasteiger charge is -2.25. The van der Waals surface area contributed by atoms with Crippen molar-refractivity contribution in [3.63, 3.8) is 0 Å². The Morgan fingerprint density at radius 1 is 1.21 bits per heavy atom. The van der Waals surface area contributed by atoms with E-state index in [1.54, 1.807) is 37.4 Å². The van der Waals surface area contributed by atoms with Crippen molar-refractivity contribution in [2.75, 3.05) is 7.11 Å². The van der Waals surface area contributed by atoms with Crippen molar-refractivity contribution in [2.45, 2.75) is 19.5 Å². The standard InChI is InChI=1S/C25H20ClFN2O4/c1-14-10-18(24(33-2)19(26)11-14)22(30)20-21(16-4-3-9-28-12-16)29(25(32)23(20)31)13-15-5-7-17(27)8-6-15/h3-12,21,30H,13H2,1-2H3/b22-20+. The fourth-order valence-corrected chi connectivity index (χ4v) is 4.32. The number of aliphatic hydroxyl groups is 1. The van der Waals surface area contributed by atoms with E-state index in [0.717, 1.165) is 5.56 Å². The molecule has 1 aromatic heterocycles. The first-order valence-electron chi connectivity index (χ1n) is 10.1. The van der Waals surface area contributed by atoms with Gasteiger partial charge in [0.1, 0.15) is 17.3 Å². The van der Waals surface area contributed by atoms with Crippen LogP contribution in [-0.2, 0) is 16.1 Å². The maximum atomic E-state index is 13.4. The van der Waals surface area contributed by atoms with Crippen LogP contribution in [0.2, 0.25) is 5.02 Å². The van der Waals surface area contributed by atoms with Gasteiger partial charge in [0.2, 0.25) is 0 Å². The number of amides is 1. The predicted octanol–water partition coefficient (Wildman–Crippen LogP) is 4.81. The number of aryl methyl sites for hydroxylation is 1. The number of halogens is 2. The SMILES string of the molecule is COc1c(Cl)cc(C)cc1/C(O)=C1\C(=O)C(=O)N(Cc2ccc(F)cc2)C1c1cccnc1. The lowest BCUT2D eigenvalue weighted by atomic mass is 9.95. The number of hydrogen-bond acceptors (Lipinski definition) is 5. The smallest absolute Gasteiger partial charge is 0.295 e. The Hall–Kier alpha value is -3.71. The molecule has 1 saturated heterocycles. The van der Waals surface area contributed by atoms with Gasteiger partial charge < -0.3 is 14.7 Å². The van der Waals surface area contributed by atoms with Crippen molar-refractivity contribution in [3.8, 4) is 5.75 Å². The van der Waals surface area contributed by atoms with Crippen LogP contribution < -0.4 is 4.74 Å². The van der Waals surface area contributed by atoms with Gasteiger partial charge in [-0.25, -0.2) is 4.39 Å². The Morgan fingerprint density at radius 3 is 2.58 bits per heavy atom. The van der Waals surface area contributed by atoms with E-state index in [9.17, 15) is 19.1 Å². The second-order valence-electron chi connectivity index (χ2n) is 7.67. The number of rotatable bonds is 5. The Kier molecular flexibility index (Phi) is 6.16. The van der Waals surface area contributed by atoms with Gasteiger partial charge in [-0.15, -0.1) is 0 Å². The topological polar surface area (TPSA) is 79.7 Å². The second kappa shape index (κ2) is 9.03. The minimum atomic E-state index is -0.909. The minimum Gasteiger partial charge on any atom is -0.507 e. The van der Waals surface area contributed by atoms with Crippen molar-refractivity contribution in [2.24, 2.45) is 0 Å². The second-order valence-corrected chi connectivity index (χ2v) is 8.07. The molecule has 0 aliphatic carbocycles. The molecule has 3 aromatic rings. The lowest BCUT2D eigenvalue weighted by molar-refractivity contribution is -0.140. The third-order valence-electron chi connectivity index (χ3n) is 5.45. The quantitative estimate of drug-likeness (QED) is 0.331. The number of aromatic nitrogens is 1. The van der Waals surface area contributed by atoms with Crippen molar-refractivity contribution in [1.82, 2.24) is 9.88 Å². The fraction of sp³-hybridized carbons (Fsp3) is 0.160. The van der Waals surface area contributed by atoms with Gasteiger partial charge in [0.05, 0.1) is 29.3 Å². The predicted molar refractivity (Wildman–Crippen MR) is 121 cm³/mol. The highest BCUT2D eigenvalue weighted by Crippen LogP contribution is 2.43. The van der Waals surface area contributed by atoms with E-state index in [-0.39, 0.29) is 28.5 Å². The summed E-state index contributed by atoms with van der Waals surface area (Å²) in [6.45, 7) is 1.82. The summed E-state index contributed by atoms with van der Waals surface area (Å²) in [7, 11) is 1.40. The highest BCUT2D eigenvalue weighted by Gasteiger charge is 2.46. The van der Waals surface area contributed by atoms with E-state index in [1.807, 2.05) is 0 Å². The molecule has 6 nitrogen and oxygen atoms in total. The molecule has 2 heterocycles. The van der Waals surface area contributed by atoms with Crippen molar-refractivity contribution < 1.29 is 23.8 Å². The molecule has 1 fully saturated rings. The molecule has 1 amide bonds. The minimum absolute atomic E-state index is 0.0346. The summed E-state index contributed by atoms with van der Waals surface area (Å²) < 4.78 is 18.7. The first-order chi connectivity index (χ1) is 15.8. The normalized spacial score (nSPS) is 17.5. The number of benzene rings is 2. The highest BCUT2D eigenvalue weighted by molar-refractivity contribution is 6.46. The summed E-state index contributed by atoms with van der Waals surface area (Å²) >= 11 is 6.29. The molecular formula is C25H20ClFN2O4. The van der Waals surface area contributed by atoms with Crippen molar-refractivity contribution in [3.05, 3.63) is 99.6 Å². The van der Waals surface area contributed by atoms with E-state index in [4.69, 9.17) is 16.3 Å². The molecule has 0 saturated carbocycles. The summed E-state index contributed by atoms with van der Waals surface area (Å²) in [6.07, 6.45) is 3.10. The molecule has 168 valence electrons. The Morgan fingerprint density at radius 2 is 1.94 bits per heavy atom. The van der Waals surface area contributed by atoms with Gasteiger partial charge in [-0.2, -0.15) is 0 Å². The van der Waals surface area contributed by atoms with E-state index in [0.29, 0.717) is 11.1 Å². The van der Waals surface area contributed by atoms with Crippen LogP contribution in [-0.4, -0.2) is 33.8 Å². The molecule has 1 aliphatic rings. The fourth-order valence-electron chi connectivity index (χ4n) is 3.97. The van der Waals surface area contributed by atoms with Crippen molar-refractivity contribution >= 4 is 29.1 Å². The van der Waals surface area contributed by atoms with E-state index in [1.165, 1.54) is 42.5 Å². The van der Waals surface area contributed by atoms with Crippen LogP contribution in [0.5, 0.6) is 5.75 Å².